The molecule has 1 aromatic rings. The minimum Gasteiger partial charge on any atom is -0.370 e. The Morgan fingerprint density at radius 1 is 1.12 bits per heavy atom. The number of benzene rings is 1. The summed E-state index contributed by atoms with van der Waals surface area (Å²) in [7, 11) is 0. The van der Waals surface area contributed by atoms with Gasteiger partial charge in [0.25, 0.3) is 0 Å². The van der Waals surface area contributed by atoms with Crippen LogP contribution in [0.3, 0.4) is 0 Å². The summed E-state index contributed by atoms with van der Waals surface area (Å²) in [6, 6.07) is 7.98. The molecular weight excluding hydrogens is 306 g/mol. The van der Waals surface area contributed by atoms with Gasteiger partial charge in [-0.1, -0.05) is 12.1 Å². The zero-order chi connectivity index (χ0) is 16.5. The first kappa shape index (κ1) is 15.1. The number of nitrogens with zero attached hydrogens (tertiary/aromatic N) is 3. The number of urea groups is 2. The summed E-state index contributed by atoms with van der Waals surface area (Å²) in [4.78, 5) is 30.3. The lowest BCUT2D eigenvalue weighted by molar-refractivity contribution is 0.136. The van der Waals surface area contributed by atoms with Gasteiger partial charge in [0.2, 0.25) is 0 Å². The van der Waals surface area contributed by atoms with Gasteiger partial charge in [0.15, 0.2) is 0 Å². The van der Waals surface area contributed by atoms with E-state index in [1.165, 1.54) is 12.8 Å². The summed E-state index contributed by atoms with van der Waals surface area (Å²) in [5, 5.41) is 5.91. The van der Waals surface area contributed by atoms with Crippen LogP contribution in [0.4, 0.5) is 21.0 Å². The number of nitrogens with one attached hydrogen (secondary N) is 2. The van der Waals surface area contributed by atoms with Crippen molar-refractivity contribution in [3.05, 3.63) is 24.3 Å². The molecule has 24 heavy (non-hydrogen) atoms. The predicted molar refractivity (Wildman–Crippen MR) is 92.4 cm³/mol. The van der Waals surface area contributed by atoms with E-state index in [9.17, 15) is 9.59 Å². The Balaban J connectivity index is 1.44. The van der Waals surface area contributed by atoms with Gasteiger partial charge < -0.3 is 25.3 Å². The molecule has 4 rings (SSSR count). The highest BCUT2D eigenvalue weighted by atomic mass is 16.2. The van der Waals surface area contributed by atoms with Crippen LogP contribution in [0.5, 0.6) is 0 Å². The number of hydrogen-bond acceptors (Lipinski definition) is 3. The minimum absolute atomic E-state index is 0.0144. The zero-order valence-corrected chi connectivity index (χ0v) is 13.7. The highest BCUT2D eigenvalue weighted by molar-refractivity contribution is 5.93. The standard InChI is InChI=1S/C17H23N5O2/c23-16-18-11-13-12-21(9-10-22(13)16)17(24)19-14-5-1-2-6-15(14)20-7-3-4-8-20/h1-2,5-6,13H,3-4,7-12H2,(H,18,23)(H,19,24). The number of hydrogen-bond donors (Lipinski definition) is 2. The largest absolute Gasteiger partial charge is 0.370 e. The zero-order valence-electron chi connectivity index (χ0n) is 13.7. The lowest BCUT2D eigenvalue weighted by Crippen LogP contribution is -2.54. The fourth-order valence-electron chi connectivity index (χ4n) is 3.80. The molecule has 128 valence electrons. The second-order valence-corrected chi connectivity index (χ2v) is 6.62. The molecule has 4 amide bonds. The third-order valence-corrected chi connectivity index (χ3v) is 5.11. The van der Waals surface area contributed by atoms with E-state index in [-0.39, 0.29) is 18.1 Å². The van der Waals surface area contributed by atoms with E-state index >= 15 is 0 Å². The number of fused-ring (bicyclic) bond motifs is 1. The second-order valence-electron chi connectivity index (χ2n) is 6.62. The van der Waals surface area contributed by atoms with E-state index in [0.29, 0.717) is 26.2 Å². The van der Waals surface area contributed by atoms with Crippen molar-refractivity contribution in [1.82, 2.24) is 15.1 Å². The number of carbonyl (C=O) groups is 2. The van der Waals surface area contributed by atoms with Crippen LogP contribution in [0.1, 0.15) is 12.8 Å². The van der Waals surface area contributed by atoms with Crippen molar-refractivity contribution in [3.63, 3.8) is 0 Å². The molecule has 7 heteroatoms. The molecule has 2 N–H and O–H groups in total. The van der Waals surface area contributed by atoms with Crippen LogP contribution >= 0.6 is 0 Å². The first-order valence-corrected chi connectivity index (χ1v) is 8.67. The van der Waals surface area contributed by atoms with E-state index in [4.69, 9.17) is 0 Å². The molecule has 7 nitrogen and oxygen atoms in total. The third kappa shape index (κ3) is 2.74. The van der Waals surface area contributed by atoms with Gasteiger partial charge in [0.1, 0.15) is 0 Å². The number of piperazine rings is 1. The molecule has 3 aliphatic heterocycles. The maximum atomic E-state index is 12.7. The molecule has 0 aromatic heterocycles. The van der Waals surface area contributed by atoms with Crippen molar-refractivity contribution in [2.45, 2.75) is 18.9 Å². The Morgan fingerprint density at radius 2 is 1.92 bits per heavy atom. The van der Waals surface area contributed by atoms with Crippen LogP contribution in [-0.2, 0) is 0 Å². The van der Waals surface area contributed by atoms with Gasteiger partial charge >= 0.3 is 12.1 Å². The summed E-state index contributed by atoms with van der Waals surface area (Å²) in [5.74, 6) is 0. The molecule has 0 bridgehead atoms. The molecule has 0 radical (unpaired) electrons. The molecule has 0 spiro atoms. The van der Waals surface area contributed by atoms with Crippen LogP contribution in [0.25, 0.3) is 0 Å². The molecule has 3 fully saturated rings. The van der Waals surface area contributed by atoms with Crippen molar-refractivity contribution in [1.29, 1.82) is 0 Å². The fourth-order valence-corrected chi connectivity index (χ4v) is 3.80. The Hall–Kier alpha value is -2.44. The summed E-state index contributed by atoms with van der Waals surface area (Å²) >= 11 is 0. The SMILES string of the molecule is O=C(Nc1ccccc1N1CCCC1)N1CCN2C(=O)NCC2C1. The molecule has 0 saturated carbocycles. The highest BCUT2D eigenvalue weighted by Crippen LogP contribution is 2.29. The van der Waals surface area contributed by atoms with Crippen molar-refractivity contribution in [2.24, 2.45) is 0 Å². The van der Waals surface area contributed by atoms with E-state index in [2.05, 4.69) is 21.6 Å². The fraction of sp³-hybridized carbons (Fsp3) is 0.529. The van der Waals surface area contributed by atoms with Crippen molar-refractivity contribution in [3.8, 4) is 0 Å². The molecule has 3 heterocycles. The summed E-state index contributed by atoms with van der Waals surface area (Å²) in [5.41, 5.74) is 1.96. The predicted octanol–water partition coefficient (Wildman–Crippen LogP) is 1.53. The Kier molecular flexibility index (Phi) is 3.92. The Labute approximate surface area is 141 Å². The lowest BCUT2D eigenvalue weighted by atomic mass is 10.2. The van der Waals surface area contributed by atoms with Gasteiger partial charge in [-0.05, 0) is 25.0 Å². The van der Waals surface area contributed by atoms with Gasteiger partial charge in [-0.25, -0.2) is 9.59 Å². The molecule has 3 saturated heterocycles. The van der Waals surface area contributed by atoms with Gasteiger partial charge in [-0.15, -0.1) is 0 Å². The minimum atomic E-state index is -0.0827. The Bertz CT molecular complexity index is 644. The van der Waals surface area contributed by atoms with E-state index in [1.54, 1.807) is 0 Å². The smallest absolute Gasteiger partial charge is 0.322 e. The van der Waals surface area contributed by atoms with E-state index in [0.717, 1.165) is 24.5 Å². The summed E-state index contributed by atoms with van der Waals surface area (Å²) in [6.07, 6.45) is 2.40. The van der Waals surface area contributed by atoms with Crippen LogP contribution in [-0.4, -0.2) is 67.2 Å². The number of anilines is 2. The monoisotopic (exact) mass is 329 g/mol. The van der Waals surface area contributed by atoms with Crippen molar-refractivity contribution >= 4 is 23.4 Å². The topological polar surface area (TPSA) is 67.9 Å². The molecule has 1 aromatic carbocycles. The maximum absolute atomic E-state index is 12.7. The van der Waals surface area contributed by atoms with Crippen LogP contribution in [0.2, 0.25) is 0 Å². The Morgan fingerprint density at radius 3 is 2.75 bits per heavy atom. The molecule has 0 aliphatic carbocycles. The van der Waals surface area contributed by atoms with Crippen LogP contribution in [0, 0.1) is 0 Å². The van der Waals surface area contributed by atoms with Crippen molar-refractivity contribution < 1.29 is 9.59 Å². The molecule has 3 aliphatic rings. The average Bonchev–Trinajstić information content (AvgIpc) is 3.25. The third-order valence-electron chi connectivity index (χ3n) is 5.11. The average molecular weight is 329 g/mol. The summed E-state index contributed by atoms with van der Waals surface area (Å²) in [6.45, 7) is 4.45. The molecule has 1 atom stereocenters. The maximum Gasteiger partial charge on any atom is 0.322 e. The van der Waals surface area contributed by atoms with Crippen LogP contribution < -0.4 is 15.5 Å². The first-order valence-electron chi connectivity index (χ1n) is 8.67. The highest BCUT2D eigenvalue weighted by Gasteiger charge is 2.37. The number of rotatable bonds is 2. The van der Waals surface area contributed by atoms with E-state index < -0.39 is 0 Å². The molecule has 1 unspecified atom stereocenters. The van der Waals surface area contributed by atoms with Crippen LogP contribution in [0.15, 0.2) is 24.3 Å². The van der Waals surface area contributed by atoms with Crippen molar-refractivity contribution in [2.75, 3.05) is 49.5 Å². The lowest BCUT2D eigenvalue weighted by Gasteiger charge is -2.36. The number of amides is 4. The van der Waals surface area contributed by atoms with Gasteiger partial charge in [0, 0.05) is 39.3 Å². The normalized spacial score (nSPS) is 23.2. The first-order chi connectivity index (χ1) is 11.7. The van der Waals surface area contributed by atoms with Gasteiger partial charge in [0.05, 0.1) is 17.4 Å². The van der Waals surface area contributed by atoms with Gasteiger partial charge in [-0.3, -0.25) is 0 Å². The molecular formula is C17H23N5O2. The quantitative estimate of drug-likeness (QED) is 0.865. The second kappa shape index (κ2) is 6.22. The summed E-state index contributed by atoms with van der Waals surface area (Å²) < 4.78 is 0. The number of para-hydroxylation sites is 2. The van der Waals surface area contributed by atoms with Gasteiger partial charge in [-0.2, -0.15) is 0 Å². The van der Waals surface area contributed by atoms with E-state index in [1.807, 2.05) is 28.0 Å². The number of carbonyl (C=O) groups excluding carboxylic acids is 2.